The molecular weight excluding hydrogens is 272 g/mol. The Bertz CT molecular complexity index is 647. The summed E-state index contributed by atoms with van der Waals surface area (Å²) in [4.78, 5) is 12.3. The van der Waals surface area contributed by atoms with Gasteiger partial charge in [-0.05, 0) is 56.5 Å². The number of amides is 1. The van der Waals surface area contributed by atoms with Crippen LogP contribution in [0, 0.1) is 13.8 Å². The number of carbonyl (C=O) groups excluding carboxylic acids is 1. The van der Waals surface area contributed by atoms with E-state index in [1.807, 2.05) is 50.2 Å². The third-order valence-corrected chi connectivity index (χ3v) is 3.78. The van der Waals surface area contributed by atoms with Gasteiger partial charge in [0.05, 0.1) is 0 Å². The second-order valence-electron chi connectivity index (χ2n) is 5.72. The van der Waals surface area contributed by atoms with Gasteiger partial charge in [0.25, 0.3) is 0 Å². The van der Waals surface area contributed by atoms with Gasteiger partial charge in [0.2, 0.25) is 5.91 Å². The van der Waals surface area contributed by atoms with E-state index in [0.717, 1.165) is 23.4 Å². The number of carbonyl (C=O) groups is 1. The molecule has 0 saturated heterocycles. The molecule has 116 valence electrons. The average Bonchev–Trinajstić information content (AvgIpc) is 2.50. The first-order chi connectivity index (χ1) is 10.5. The zero-order valence-electron chi connectivity index (χ0n) is 13.7. The SMILES string of the molecule is CCc1ccc(NC(=O)[C@@H](C)Nc2ccc(C)cc2C)cc1. The standard InChI is InChI=1S/C19H24N2O/c1-5-16-7-9-17(10-8-16)21-19(22)15(4)20-18-11-6-13(2)12-14(18)3/h6-12,15,20H,5H2,1-4H3,(H,21,22)/t15-/m1/s1. The number of benzene rings is 2. The van der Waals surface area contributed by atoms with Crippen LogP contribution in [0.5, 0.6) is 0 Å². The highest BCUT2D eigenvalue weighted by Gasteiger charge is 2.13. The summed E-state index contributed by atoms with van der Waals surface area (Å²) < 4.78 is 0. The van der Waals surface area contributed by atoms with Crippen molar-refractivity contribution in [3.63, 3.8) is 0 Å². The van der Waals surface area contributed by atoms with E-state index in [9.17, 15) is 4.79 Å². The van der Waals surface area contributed by atoms with Crippen LogP contribution in [0.3, 0.4) is 0 Å². The molecule has 0 bridgehead atoms. The monoisotopic (exact) mass is 296 g/mol. The van der Waals surface area contributed by atoms with Crippen LogP contribution in [0.25, 0.3) is 0 Å². The summed E-state index contributed by atoms with van der Waals surface area (Å²) in [5.41, 5.74) is 5.45. The molecule has 1 atom stereocenters. The van der Waals surface area contributed by atoms with Crippen molar-refractivity contribution in [3.8, 4) is 0 Å². The van der Waals surface area contributed by atoms with E-state index in [1.165, 1.54) is 11.1 Å². The lowest BCUT2D eigenvalue weighted by molar-refractivity contribution is -0.116. The minimum absolute atomic E-state index is 0.0378. The van der Waals surface area contributed by atoms with E-state index in [-0.39, 0.29) is 11.9 Å². The number of rotatable bonds is 5. The fraction of sp³-hybridized carbons (Fsp3) is 0.316. The zero-order chi connectivity index (χ0) is 16.1. The maximum absolute atomic E-state index is 12.3. The van der Waals surface area contributed by atoms with Gasteiger partial charge < -0.3 is 10.6 Å². The van der Waals surface area contributed by atoms with Crippen molar-refractivity contribution in [2.45, 2.75) is 40.2 Å². The van der Waals surface area contributed by atoms with Crippen LogP contribution in [-0.4, -0.2) is 11.9 Å². The predicted octanol–water partition coefficient (Wildman–Crippen LogP) is 4.30. The molecule has 3 nitrogen and oxygen atoms in total. The summed E-state index contributed by atoms with van der Waals surface area (Å²) in [6, 6.07) is 13.8. The number of hydrogen-bond acceptors (Lipinski definition) is 2. The zero-order valence-corrected chi connectivity index (χ0v) is 13.7. The molecule has 0 aromatic heterocycles. The van der Waals surface area contributed by atoms with Crippen LogP contribution in [0.1, 0.15) is 30.5 Å². The molecule has 0 aliphatic heterocycles. The van der Waals surface area contributed by atoms with Crippen molar-refractivity contribution in [3.05, 3.63) is 59.2 Å². The fourth-order valence-corrected chi connectivity index (χ4v) is 2.35. The van der Waals surface area contributed by atoms with Gasteiger partial charge in [-0.1, -0.05) is 36.8 Å². The lowest BCUT2D eigenvalue weighted by atomic mass is 10.1. The van der Waals surface area contributed by atoms with E-state index < -0.39 is 0 Å². The maximum Gasteiger partial charge on any atom is 0.246 e. The van der Waals surface area contributed by atoms with Gasteiger partial charge in [-0.15, -0.1) is 0 Å². The third kappa shape index (κ3) is 4.10. The van der Waals surface area contributed by atoms with Crippen LogP contribution in [0.2, 0.25) is 0 Å². The molecule has 0 heterocycles. The first kappa shape index (κ1) is 16.1. The molecule has 0 aliphatic carbocycles. The van der Waals surface area contributed by atoms with Crippen molar-refractivity contribution in [2.75, 3.05) is 10.6 Å². The second-order valence-corrected chi connectivity index (χ2v) is 5.72. The molecule has 2 rings (SSSR count). The fourth-order valence-electron chi connectivity index (χ4n) is 2.35. The van der Waals surface area contributed by atoms with E-state index in [0.29, 0.717) is 0 Å². The predicted molar refractivity (Wildman–Crippen MR) is 93.5 cm³/mol. The topological polar surface area (TPSA) is 41.1 Å². The van der Waals surface area contributed by atoms with Crippen molar-refractivity contribution in [1.82, 2.24) is 0 Å². The first-order valence-electron chi connectivity index (χ1n) is 7.73. The van der Waals surface area contributed by atoms with E-state index in [4.69, 9.17) is 0 Å². The molecule has 3 heteroatoms. The van der Waals surface area contributed by atoms with Gasteiger partial charge in [0, 0.05) is 11.4 Å². The summed E-state index contributed by atoms with van der Waals surface area (Å²) in [7, 11) is 0. The molecule has 1 amide bonds. The van der Waals surface area contributed by atoms with Crippen LogP contribution in [0.4, 0.5) is 11.4 Å². The van der Waals surface area contributed by atoms with Crippen molar-refractivity contribution in [2.24, 2.45) is 0 Å². The molecule has 0 aliphatic rings. The van der Waals surface area contributed by atoms with Crippen molar-refractivity contribution in [1.29, 1.82) is 0 Å². The molecule has 2 N–H and O–H groups in total. The Labute approximate surface area is 132 Å². The summed E-state index contributed by atoms with van der Waals surface area (Å²) in [6.45, 7) is 8.09. The van der Waals surface area contributed by atoms with Gasteiger partial charge in [0.1, 0.15) is 6.04 Å². The molecule has 0 fully saturated rings. The van der Waals surface area contributed by atoms with Crippen LogP contribution < -0.4 is 10.6 Å². The van der Waals surface area contributed by atoms with Gasteiger partial charge >= 0.3 is 0 Å². The van der Waals surface area contributed by atoms with Gasteiger partial charge in [-0.25, -0.2) is 0 Å². The summed E-state index contributed by atoms with van der Waals surface area (Å²) in [6.07, 6.45) is 0.999. The van der Waals surface area contributed by atoms with Crippen LogP contribution >= 0.6 is 0 Å². The minimum Gasteiger partial charge on any atom is -0.374 e. The molecule has 0 saturated carbocycles. The number of nitrogens with one attached hydrogen (secondary N) is 2. The summed E-state index contributed by atoms with van der Waals surface area (Å²) in [5, 5.41) is 6.21. The van der Waals surface area contributed by atoms with Crippen molar-refractivity contribution >= 4 is 17.3 Å². The Morgan fingerprint density at radius 2 is 1.77 bits per heavy atom. The lowest BCUT2D eigenvalue weighted by Crippen LogP contribution is -2.32. The summed E-state index contributed by atoms with van der Waals surface area (Å²) in [5.74, 6) is -0.0378. The van der Waals surface area contributed by atoms with Gasteiger partial charge in [-0.2, -0.15) is 0 Å². The quantitative estimate of drug-likeness (QED) is 0.863. The minimum atomic E-state index is -0.299. The van der Waals surface area contributed by atoms with Crippen molar-refractivity contribution < 1.29 is 4.79 Å². The maximum atomic E-state index is 12.3. The largest absolute Gasteiger partial charge is 0.374 e. The average molecular weight is 296 g/mol. The highest BCUT2D eigenvalue weighted by atomic mass is 16.2. The van der Waals surface area contributed by atoms with Gasteiger partial charge in [0.15, 0.2) is 0 Å². The molecule has 2 aromatic rings. The van der Waals surface area contributed by atoms with Gasteiger partial charge in [-0.3, -0.25) is 4.79 Å². The Kier molecular flexibility index (Phi) is 5.21. The Balaban J connectivity index is 1.99. The molecule has 2 aromatic carbocycles. The molecule has 0 radical (unpaired) electrons. The Morgan fingerprint density at radius 1 is 1.09 bits per heavy atom. The van der Waals surface area contributed by atoms with Crippen LogP contribution in [-0.2, 0) is 11.2 Å². The van der Waals surface area contributed by atoms with E-state index >= 15 is 0 Å². The first-order valence-corrected chi connectivity index (χ1v) is 7.73. The van der Waals surface area contributed by atoms with E-state index in [1.54, 1.807) is 0 Å². The lowest BCUT2D eigenvalue weighted by Gasteiger charge is -2.17. The van der Waals surface area contributed by atoms with Crippen LogP contribution in [0.15, 0.2) is 42.5 Å². The number of anilines is 2. The smallest absolute Gasteiger partial charge is 0.246 e. The molecule has 0 unspecified atom stereocenters. The van der Waals surface area contributed by atoms with E-state index in [2.05, 4.69) is 30.5 Å². The Morgan fingerprint density at radius 3 is 2.36 bits per heavy atom. The Hall–Kier alpha value is -2.29. The molecule has 0 spiro atoms. The third-order valence-electron chi connectivity index (χ3n) is 3.78. The highest BCUT2D eigenvalue weighted by molar-refractivity contribution is 5.96. The number of aryl methyl sites for hydroxylation is 3. The molecule has 22 heavy (non-hydrogen) atoms. The number of hydrogen-bond donors (Lipinski definition) is 2. The molecular formula is C19H24N2O. The second kappa shape index (κ2) is 7.12. The normalized spacial score (nSPS) is 11.8. The summed E-state index contributed by atoms with van der Waals surface area (Å²) >= 11 is 0. The highest BCUT2D eigenvalue weighted by Crippen LogP contribution is 2.17.